The molecule has 1 aliphatic heterocycles. The van der Waals surface area contributed by atoms with Crippen LogP contribution in [0.3, 0.4) is 0 Å². The minimum Gasteiger partial charge on any atom is -0.505 e. The Morgan fingerprint density at radius 2 is 1.84 bits per heavy atom. The lowest BCUT2D eigenvalue weighted by Gasteiger charge is -2.28. The van der Waals surface area contributed by atoms with Crippen molar-refractivity contribution in [3.8, 4) is 33.8 Å². The van der Waals surface area contributed by atoms with Crippen molar-refractivity contribution in [2.24, 2.45) is 5.92 Å². The fourth-order valence-electron chi connectivity index (χ4n) is 3.42. The molecule has 2 aromatic carbocycles. The van der Waals surface area contributed by atoms with E-state index in [1.165, 1.54) is 6.07 Å². The Kier molecular flexibility index (Phi) is 3.87. The maximum Gasteiger partial charge on any atom is 0.201 e. The average Bonchev–Trinajstić information content (AvgIpc) is 2.59. The maximum atomic E-state index is 14.7. The predicted octanol–water partition coefficient (Wildman–Crippen LogP) is 4.65. The van der Waals surface area contributed by atoms with Crippen LogP contribution in [0.4, 0.5) is 13.2 Å². The first-order valence-corrected chi connectivity index (χ1v) is 8.26. The van der Waals surface area contributed by atoms with Gasteiger partial charge in [-0.3, -0.25) is 0 Å². The zero-order valence-electron chi connectivity index (χ0n) is 13.6. The molecule has 6 heteroatoms. The van der Waals surface area contributed by atoms with Gasteiger partial charge in [0.15, 0.2) is 23.1 Å². The summed E-state index contributed by atoms with van der Waals surface area (Å²) < 4.78 is 53.5. The summed E-state index contributed by atoms with van der Waals surface area (Å²) in [4.78, 5) is 0. The van der Waals surface area contributed by atoms with Gasteiger partial charge in [-0.2, -0.15) is 4.39 Å². The van der Waals surface area contributed by atoms with Gasteiger partial charge in [-0.1, -0.05) is 0 Å². The highest BCUT2D eigenvalue weighted by Gasteiger charge is 2.34. The number of phenols is 1. The summed E-state index contributed by atoms with van der Waals surface area (Å²) in [7, 11) is 0. The van der Waals surface area contributed by atoms with Crippen molar-refractivity contribution in [1.82, 2.24) is 0 Å². The van der Waals surface area contributed by atoms with Crippen LogP contribution in [0, 0.1) is 23.4 Å². The highest BCUT2D eigenvalue weighted by atomic mass is 19.2. The van der Waals surface area contributed by atoms with Crippen LogP contribution in [0.2, 0.25) is 0 Å². The van der Waals surface area contributed by atoms with Gasteiger partial charge in [0.25, 0.3) is 0 Å². The molecule has 0 saturated carbocycles. The average molecular weight is 350 g/mol. The van der Waals surface area contributed by atoms with Gasteiger partial charge in [0.05, 0.1) is 19.3 Å². The van der Waals surface area contributed by atoms with Gasteiger partial charge < -0.3 is 14.6 Å². The molecule has 132 valence electrons. The minimum absolute atomic E-state index is 0.00239. The highest BCUT2D eigenvalue weighted by Crippen LogP contribution is 2.53. The first-order valence-electron chi connectivity index (χ1n) is 8.26. The number of rotatable bonds is 3. The third-order valence-corrected chi connectivity index (χ3v) is 4.91. The van der Waals surface area contributed by atoms with Gasteiger partial charge in [-0.25, -0.2) is 8.78 Å². The quantitative estimate of drug-likeness (QED) is 0.747. The zero-order valence-corrected chi connectivity index (χ0v) is 13.6. The van der Waals surface area contributed by atoms with Gasteiger partial charge in [0.2, 0.25) is 5.82 Å². The number of benzene rings is 2. The molecule has 0 aromatic heterocycles. The Morgan fingerprint density at radius 1 is 1.08 bits per heavy atom. The van der Waals surface area contributed by atoms with Crippen molar-refractivity contribution in [3.63, 3.8) is 0 Å². The number of phenolic OH excluding ortho intramolecular Hbond substituents is 1. The molecule has 3 nitrogen and oxygen atoms in total. The molecule has 1 saturated heterocycles. The molecule has 4 rings (SSSR count). The molecule has 1 fully saturated rings. The summed E-state index contributed by atoms with van der Waals surface area (Å²) in [6.45, 7) is 2.88. The SMILES string of the molecule is CC1CCC(COc2ccc3c(c2F)-c2c-3cc(O)c(F)c2F)CO1. The van der Waals surface area contributed by atoms with E-state index < -0.39 is 23.2 Å². The Bertz CT molecular complexity index is 843. The number of hydrogen-bond acceptors (Lipinski definition) is 3. The summed E-state index contributed by atoms with van der Waals surface area (Å²) >= 11 is 0. The first-order chi connectivity index (χ1) is 12.0. The summed E-state index contributed by atoms with van der Waals surface area (Å²) in [6.07, 6.45) is 2.10. The number of fused-ring (bicyclic) bond motifs is 4. The highest BCUT2D eigenvalue weighted by molar-refractivity contribution is 6.04. The van der Waals surface area contributed by atoms with Crippen LogP contribution in [-0.4, -0.2) is 24.4 Å². The number of ether oxygens (including phenoxy) is 2. The van der Waals surface area contributed by atoms with E-state index in [1.807, 2.05) is 6.92 Å². The Hall–Kier alpha value is -2.21. The molecule has 0 bridgehead atoms. The minimum atomic E-state index is -1.37. The third kappa shape index (κ3) is 2.56. The molecule has 2 unspecified atom stereocenters. The topological polar surface area (TPSA) is 38.7 Å². The van der Waals surface area contributed by atoms with E-state index in [-0.39, 0.29) is 28.9 Å². The molecule has 2 aromatic rings. The Balaban J connectivity index is 1.57. The molecule has 1 heterocycles. The first kappa shape index (κ1) is 16.3. The van der Waals surface area contributed by atoms with Crippen molar-refractivity contribution in [3.05, 3.63) is 35.7 Å². The summed E-state index contributed by atoms with van der Waals surface area (Å²) in [6, 6.07) is 4.17. The second-order valence-corrected chi connectivity index (χ2v) is 6.64. The standard InChI is InChI=1S/C19H17F3O3/c1-9-2-3-10(7-24-9)8-25-14-5-4-11-12-6-13(23)17(20)19(22)16(12)15(11)18(14)21/h4-6,9-10,23H,2-3,7-8H2,1H3. The maximum absolute atomic E-state index is 14.7. The van der Waals surface area contributed by atoms with Crippen LogP contribution < -0.4 is 4.74 Å². The number of aromatic hydroxyl groups is 1. The number of halogens is 3. The van der Waals surface area contributed by atoms with Gasteiger partial charge in [0, 0.05) is 17.0 Å². The number of hydrogen-bond donors (Lipinski definition) is 1. The molecule has 2 atom stereocenters. The fourth-order valence-corrected chi connectivity index (χ4v) is 3.42. The van der Waals surface area contributed by atoms with Crippen molar-refractivity contribution < 1.29 is 27.8 Å². The second kappa shape index (κ2) is 5.95. The van der Waals surface area contributed by atoms with Gasteiger partial charge in [-0.15, -0.1) is 0 Å². The smallest absolute Gasteiger partial charge is 0.201 e. The van der Waals surface area contributed by atoms with E-state index in [1.54, 1.807) is 6.07 Å². The van der Waals surface area contributed by atoms with Gasteiger partial charge >= 0.3 is 0 Å². The Morgan fingerprint density at radius 3 is 2.56 bits per heavy atom. The Labute approximate surface area is 143 Å². The second-order valence-electron chi connectivity index (χ2n) is 6.64. The molecule has 0 amide bonds. The van der Waals surface area contributed by atoms with Crippen molar-refractivity contribution in [2.45, 2.75) is 25.9 Å². The predicted molar refractivity (Wildman–Crippen MR) is 86.0 cm³/mol. The van der Waals surface area contributed by atoms with Crippen molar-refractivity contribution in [2.75, 3.05) is 13.2 Å². The van der Waals surface area contributed by atoms with E-state index in [0.717, 1.165) is 18.9 Å². The van der Waals surface area contributed by atoms with Crippen LogP contribution in [-0.2, 0) is 4.74 Å². The molecule has 0 spiro atoms. The summed E-state index contributed by atoms with van der Waals surface area (Å²) in [5, 5.41) is 9.39. The molecular formula is C19H17F3O3. The van der Waals surface area contributed by atoms with E-state index >= 15 is 0 Å². The van der Waals surface area contributed by atoms with Crippen LogP contribution in [0.5, 0.6) is 11.5 Å². The van der Waals surface area contributed by atoms with Crippen LogP contribution in [0.25, 0.3) is 22.3 Å². The van der Waals surface area contributed by atoms with Crippen LogP contribution in [0.15, 0.2) is 18.2 Å². The lowest BCUT2D eigenvalue weighted by atomic mass is 9.79. The van der Waals surface area contributed by atoms with Crippen LogP contribution >= 0.6 is 0 Å². The lowest BCUT2D eigenvalue weighted by Crippen LogP contribution is -2.27. The molecular weight excluding hydrogens is 333 g/mol. The van der Waals surface area contributed by atoms with Crippen molar-refractivity contribution in [1.29, 1.82) is 0 Å². The molecule has 1 aliphatic carbocycles. The molecule has 0 radical (unpaired) electrons. The summed E-state index contributed by atoms with van der Waals surface area (Å²) in [5.41, 5.74) is 0.580. The molecule has 2 aliphatic rings. The molecule has 1 N–H and O–H groups in total. The molecule has 25 heavy (non-hydrogen) atoms. The normalized spacial score (nSPS) is 21.3. The third-order valence-electron chi connectivity index (χ3n) is 4.91. The fraction of sp³-hybridized carbons (Fsp3) is 0.368. The van der Waals surface area contributed by atoms with Crippen molar-refractivity contribution >= 4 is 0 Å². The van der Waals surface area contributed by atoms with Gasteiger partial charge in [-0.05, 0) is 49.1 Å². The van der Waals surface area contributed by atoms with E-state index in [2.05, 4.69) is 0 Å². The van der Waals surface area contributed by atoms with Gasteiger partial charge in [0.1, 0.15) is 0 Å². The summed E-state index contributed by atoms with van der Waals surface area (Å²) in [5.74, 6) is -3.92. The largest absolute Gasteiger partial charge is 0.505 e. The lowest BCUT2D eigenvalue weighted by molar-refractivity contribution is -0.0175. The van der Waals surface area contributed by atoms with E-state index in [4.69, 9.17) is 9.47 Å². The zero-order chi connectivity index (χ0) is 17.7. The van der Waals surface area contributed by atoms with Crippen LogP contribution in [0.1, 0.15) is 19.8 Å². The monoisotopic (exact) mass is 350 g/mol. The van der Waals surface area contributed by atoms with E-state index in [9.17, 15) is 18.3 Å². The van der Waals surface area contributed by atoms with E-state index in [0.29, 0.717) is 24.3 Å².